The molecule has 0 saturated carbocycles. The van der Waals surface area contributed by atoms with Gasteiger partial charge in [-0.25, -0.2) is 4.98 Å². The molecule has 0 aliphatic rings. The van der Waals surface area contributed by atoms with Gasteiger partial charge in [-0.2, -0.15) is 0 Å². The van der Waals surface area contributed by atoms with E-state index in [1.807, 2.05) is 62.4 Å². The molecule has 1 N–H and O–H groups in total. The van der Waals surface area contributed by atoms with Crippen LogP contribution in [0.2, 0.25) is 0 Å². The van der Waals surface area contributed by atoms with Crippen LogP contribution in [-0.2, 0) is 0 Å². The highest BCUT2D eigenvalue weighted by molar-refractivity contribution is 6.13. The molecular formula is C20H19N3O2. The normalized spacial score (nSPS) is 11.4. The van der Waals surface area contributed by atoms with E-state index < -0.39 is 0 Å². The van der Waals surface area contributed by atoms with E-state index in [-0.39, 0.29) is 0 Å². The molecule has 0 aliphatic heterocycles. The molecule has 0 amide bonds. The van der Waals surface area contributed by atoms with Gasteiger partial charge in [0, 0.05) is 11.8 Å². The minimum atomic E-state index is 0.357. The number of hydrogen-bond donors (Lipinski definition) is 1. The zero-order valence-corrected chi connectivity index (χ0v) is 14.4. The molecule has 1 aromatic carbocycles. The van der Waals surface area contributed by atoms with Gasteiger partial charge in [-0.1, -0.05) is 17.3 Å². The quantitative estimate of drug-likeness (QED) is 0.445. The van der Waals surface area contributed by atoms with E-state index in [1.54, 1.807) is 13.3 Å². The van der Waals surface area contributed by atoms with Crippen molar-refractivity contribution in [1.29, 1.82) is 0 Å². The number of ether oxygens (including phenoxy) is 1. The summed E-state index contributed by atoms with van der Waals surface area (Å²) in [5, 5.41) is 13.1. The number of para-hydroxylation sites is 1. The Morgan fingerprint density at radius 2 is 1.76 bits per heavy atom. The predicted molar refractivity (Wildman–Crippen MR) is 97.4 cm³/mol. The fourth-order valence-electron chi connectivity index (χ4n) is 2.68. The monoisotopic (exact) mass is 333 g/mol. The third-order valence-electron chi connectivity index (χ3n) is 3.85. The number of aryl methyl sites for hydroxylation is 2. The van der Waals surface area contributed by atoms with E-state index in [0.29, 0.717) is 22.7 Å². The number of benzene rings is 1. The minimum Gasteiger partial charge on any atom is -0.496 e. The first kappa shape index (κ1) is 16.6. The molecule has 0 atom stereocenters. The Kier molecular flexibility index (Phi) is 4.75. The summed E-state index contributed by atoms with van der Waals surface area (Å²) in [5.74, 6) is 0.619. The molecule has 0 fully saturated rings. The van der Waals surface area contributed by atoms with Crippen molar-refractivity contribution in [3.63, 3.8) is 0 Å². The van der Waals surface area contributed by atoms with Gasteiger partial charge in [0.15, 0.2) is 0 Å². The first-order valence-corrected chi connectivity index (χ1v) is 7.90. The van der Waals surface area contributed by atoms with Crippen LogP contribution in [0.25, 0.3) is 11.4 Å². The first-order chi connectivity index (χ1) is 12.1. The van der Waals surface area contributed by atoms with Gasteiger partial charge >= 0.3 is 0 Å². The summed E-state index contributed by atoms with van der Waals surface area (Å²) >= 11 is 0. The van der Waals surface area contributed by atoms with Gasteiger partial charge in [0.2, 0.25) is 0 Å². The highest BCUT2D eigenvalue weighted by atomic mass is 16.5. The van der Waals surface area contributed by atoms with Gasteiger partial charge in [-0.15, -0.1) is 0 Å². The third-order valence-corrected chi connectivity index (χ3v) is 3.85. The van der Waals surface area contributed by atoms with Crippen LogP contribution in [0.5, 0.6) is 5.75 Å². The van der Waals surface area contributed by atoms with Gasteiger partial charge in [0.25, 0.3) is 0 Å². The molecule has 126 valence electrons. The molecule has 5 nitrogen and oxygen atoms in total. The Balaban J connectivity index is 2.13. The van der Waals surface area contributed by atoms with Crippen LogP contribution in [0.15, 0.2) is 59.9 Å². The van der Waals surface area contributed by atoms with Crippen LogP contribution in [0.4, 0.5) is 0 Å². The van der Waals surface area contributed by atoms with E-state index in [4.69, 9.17) is 4.74 Å². The van der Waals surface area contributed by atoms with Gasteiger partial charge < -0.3 is 9.94 Å². The first-order valence-electron chi connectivity index (χ1n) is 7.90. The second-order valence-electron chi connectivity index (χ2n) is 5.78. The summed E-state index contributed by atoms with van der Waals surface area (Å²) < 4.78 is 5.38. The SMILES string of the molecule is COc1ccccc1/C(=N/O)c1cc(C)cc(-c2cc(C)ccn2)n1. The number of hydrogen-bond acceptors (Lipinski definition) is 5. The average molecular weight is 333 g/mol. The topological polar surface area (TPSA) is 67.6 Å². The summed E-state index contributed by atoms with van der Waals surface area (Å²) in [6, 6.07) is 15.1. The number of nitrogens with zero attached hydrogens (tertiary/aromatic N) is 3. The van der Waals surface area contributed by atoms with Crippen molar-refractivity contribution in [2.75, 3.05) is 7.11 Å². The largest absolute Gasteiger partial charge is 0.496 e. The Bertz CT molecular complexity index is 936. The number of aromatic nitrogens is 2. The minimum absolute atomic E-state index is 0.357. The second-order valence-corrected chi connectivity index (χ2v) is 5.78. The van der Waals surface area contributed by atoms with Gasteiger partial charge in [0.05, 0.1) is 24.2 Å². The van der Waals surface area contributed by atoms with Crippen molar-refractivity contribution in [1.82, 2.24) is 9.97 Å². The maximum absolute atomic E-state index is 9.63. The van der Waals surface area contributed by atoms with Crippen molar-refractivity contribution in [2.45, 2.75) is 13.8 Å². The van der Waals surface area contributed by atoms with E-state index in [0.717, 1.165) is 22.5 Å². The van der Waals surface area contributed by atoms with Crippen molar-refractivity contribution in [2.24, 2.45) is 5.16 Å². The molecule has 2 heterocycles. The Morgan fingerprint density at radius 1 is 1.00 bits per heavy atom. The van der Waals surface area contributed by atoms with Crippen molar-refractivity contribution >= 4 is 5.71 Å². The van der Waals surface area contributed by atoms with E-state index in [9.17, 15) is 5.21 Å². The maximum atomic E-state index is 9.63. The average Bonchev–Trinajstić information content (AvgIpc) is 2.62. The lowest BCUT2D eigenvalue weighted by Gasteiger charge is -2.11. The van der Waals surface area contributed by atoms with Crippen LogP contribution >= 0.6 is 0 Å². The summed E-state index contributed by atoms with van der Waals surface area (Å²) in [7, 11) is 1.58. The van der Waals surface area contributed by atoms with Gasteiger partial charge in [-0.3, -0.25) is 4.98 Å². The number of pyridine rings is 2. The van der Waals surface area contributed by atoms with E-state index in [1.165, 1.54) is 0 Å². The van der Waals surface area contributed by atoms with Crippen LogP contribution < -0.4 is 4.74 Å². The van der Waals surface area contributed by atoms with Gasteiger partial charge in [-0.05, 0) is 61.4 Å². The molecule has 5 heteroatoms. The van der Waals surface area contributed by atoms with Crippen LogP contribution in [0.1, 0.15) is 22.4 Å². The molecule has 0 saturated heterocycles. The lowest BCUT2D eigenvalue weighted by atomic mass is 10.0. The standard InChI is InChI=1S/C20H19N3O2/c1-13-8-9-21-16(10-13)17-11-14(2)12-18(22-17)20(23-24)15-6-4-5-7-19(15)25-3/h4-12,24H,1-3H3/b23-20-. The van der Waals surface area contributed by atoms with E-state index >= 15 is 0 Å². The second kappa shape index (κ2) is 7.13. The van der Waals surface area contributed by atoms with Crippen LogP contribution in [0, 0.1) is 13.8 Å². The molecule has 2 aromatic heterocycles. The summed E-state index contributed by atoms with van der Waals surface area (Å²) in [6.45, 7) is 3.99. The molecular weight excluding hydrogens is 314 g/mol. The van der Waals surface area contributed by atoms with Crippen molar-refractivity contribution < 1.29 is 9.94 Å². The lowest BCUT2D eigenvalue weighted by Crippen LogP contribution is -2.09. The predicted octanol–water partition coefficient (Wildman–Crippen LogP) is 4.00. The molecule has 0 unspecified atom stereocenters. The number of rotatable bonds is 4. The zero-order valence-electron chi connectivity index (χ0n) is 14.4. The molecule has 3 rings (SSSR count). The molecule has 0 bridgehead atoms. The molecule has 0 aliphatic carbocycles. The molecule has 0 spiro atoms. The Labute approximate surface area is 146 Å². The summed E-state index contributed by atoms with van der Waals surface area (Å²) in [4.78, 5) is 9.05. The van der Waals surface area contributed by atoms with Crippen LogP contribution in [0.3, 0.4) is 0 Å². The number of oxime groups is 1. The smallest absolute Gasteiger partial charge is 0.139 e. The number of methoxy groups -OCH3 is 1. The van der Waals surface area contributed by atoms with Crippen molar-refractivity contribution in [3.05, 3.63) is 77.1 Å². The summed E-state index contributed by atoms with van der Waals surface area (Å²) in [5.41, 5.74) is 5.21. The fraction of sp³-hybridized carbons (Fsp3) is 0.150. The molecule has 25 heavy (non-hydrogen) atoms. The maximum Gasteiger partial charge on any atom is 0.139 e. The van der Waals surface area contributed by atoms with Crippen molar-refractivity contribution in [3.8, 4) is 17.1 Å². The Morgan fingerprint density at radius 3 is 2.48 bits per heavy atom. The van der Waals surface area contributed by atoms with E-state index in [2.05, 4.69) is 15.1 Å². The van der Waals surface area contributed by atoms with Gasteiger partial charge in [0.1, 0.15) is 11.5 Å². The molecule has 3 aromatic rings. The highest BCUT2D eigenvalue weighted by Gasteiger charge is 2.16. The Hall–Kier alpha value is -3.21. The van der Waals surface area contributed by atoms with Crippen LogP contribution in [-0.4, -0.2) is 28.0 Å². The fourth-order valence-corrected chi connectivity index (χ4v) is 2.68. The highest BCUT2D eigenvalue weighted by Crippen LogP contribution is 2.24. The zero-order chi connectivity index (χ0) is 17.8. The molecule has 0 radical (unpaired) electrons. The lowest BCUT2D eigenvalue weighted by molar-refractivity contribution is 0.319. The summed E-state index contributed by atoms with van der Waals surface area (Å²) in [6.07, 6.45) is 1.76. The third kappa shape index (κ3) is 3.50.